The van der Waals surface area contributed by atoms with Crippen LogP contribution in [0.5, 0.6) is 5.75 Å². The average Bonchev–Trinajstić information content (AvgIpc) is 2.70. The van der Waals surface area contributed by atoms with E-state index in [9.17, 15) is 49.2 Å². The van der Waals surface area contributed by atoms with Gasteiger partial charge in [0.25, 0.3) is 0 Å². The quantitative estimate of drug-likeness (QED) is 0.434. The third-order valence-electron chi connectivity index (χ3n) is 7.05. The number of hydrogen-bond acceptors (Lipinski definition) is 9. The summed E-state index contributed by atoms with van der Waals surface area (Å²) >= 11 is 0. The van der Waals surface area contributed by atoms with Crippen molar-refractivity contribution in [1.29, 1.82) is 0 Å². The number of carboxylic acid groups (broad SMARTS) is 2. The van der Waals surface area contributed by atoms with Crippen LogP contribution in [0, 0.1) is 23.7 Å². The highest BCUT2D eigenvalue weighted by Crippen LogP contribution is 2.51. The minimum atomic E-state index is -2.82. The molecular weight excluding hydrogens is 438 g/mol. The number of Topliss-reactive ketones (excluding diaryl/α,β-unsaturated/α-hetero) is 4. The molecule has 1 aromatic carbocycles. The fraction of sp³-hybridized carbons (Fsp3) is 0.455. The normalized spacial score (nSPS) is 30.9. The molecule has 3 aliphatic rings. The first-order valence-electron chi connectivity index (χ1n) is 10.2. The van der Waals surface area contributed by atoms with Gasteiger partial charge in [-0.1, -0.05) is 0 Å². The highest BCUT2D eigenvalue weighted by molar-refractivity contribution is 6.31. The number of aliphatic hydroxyl groups is 1. The Balaban J connectivity index is 1.88. The van der Waals surface area contributed by atoms with Crippen molar-refractivity contribution < 1.29 is 49.2 Å². The first kappa shape index (κ1) is 22.6. The number of carbonyl (C=O) groups excluding carboxylic acids is 4. The number of aromatic hydroxyl groups is 1. The van der Waals surface area contributed by atoms with E-state index in [2.05, 4.69) is 0 Å². The van der Waals surface area contributed by atoms with Crippen LogP contribution in [0.1, 0.15) is 39.1 Å². The lowest BCUT2D eigenvalue weighted by atomic mass is 9.54. The molecule has 11 nitrogen and oxygen atoms in total. The molecule has 2 saturated carbocycles. The third-order valence-corrected chi connectivity index (χ3v) is 7.05. The Morgan fingerprint density at radius 3 is 2.24 bits per heavy atom. The van der Waals surface area contributed by atoms with Crippen molar-refractivity contribution >= 4 is 40.8 Å². The van der Waals surface area contributed by atoms with Crippen molar-refractivity contribution in [3.05, 3.63) is 22.8 Å². The van der Waals surface area contributed by atoms with E-state index in [-0.39, 0.29) is 18.4 Å². The number of fused-ring (bicyclic) bond motifs is 3. The molecule has 5 atom stereocenters. The number of anilines is 1. The minimum absolute atomic E-state index is 0.0514. The van der Waals surface area contributed by atoms with E-state index >= 15 is 0 Å². The number of nitrogens with zero attached hydrogens (tertiary/aromatic N) is 1. The number of hydrogen-bond donors (Lipinski definition) is 4. The molecule has 2 fully saturated rings. The first-order valence-corrected chi connectivity index (χ1v) is 10.2. The van der Waals surface area contributed by atoms with Crippen LogP contribution in [0.25, 0.3) is 0 Å². The van der Waals surface area contributed by atoms with Crippen molar-refractivity contribution in [2.24, 2.45) is 23.7 Å². The summed E-state index contributed by atoms with van der Waals surface area (Å²) in [5.74, 6) is -14.3. The van der Waals surface area contributed by atoms with Crippen LogP contribution in [-0.4, -0.2) is 75.2 Å². The number of phenols is 1. The van der Waals surface area contributed by atoms with E-state index < -0.39 is 82.1 Å². The summed E-state index contributed by atoms with van der Waals surface area (Å²) < 4.78 is 0. The lowest BCUT2D eigenvalue weighted by Crippen LogP contribution is -2.67. The largest absolute Gasteiger partial charge is 0.506 e. The maximum absolute atomic E-state index is 13.4. The summed E-state index contributed by atoms with van der Waals surface area (Å²) in [4.78, 5) is 76.5. The van der Waals surface area contributed by atoms with Crippen LogP contribution in [0.15, 0.2) is 6.07 Å². The Bertz CT molecular complexity index is 1170. The van der Waals surface area contributed by atoms with Crippen LogP contribution in [0.2, 0.25) is 0 Å². The zero-order valence-corrected chi connectivity index (χ0v) is 17.7. The van der Waals surface area contributed by atoms with Gasteiger partial charge in [0.05, 0.1) is 11.5 Å². The summed E-state index contributed by atoms with van der Waals surface area (Å²) in [6.45, 7) is 0. The summed E-state index contributed by atoms with van der Waals surface area (Å²) in [5.41, 5.74) is -3.07. The zero-order chi connectivity index (χ0) is 24.6. The van der Waals surface area contributed by atoms with E-state index in [0.29, 0.717) is 11.3 Å². The summed E-state index contributed by atoms with van der Waals surface area (Å²) in [5, 5.41) is 40.4. The fourth-order valence-corrected chi connectivity index (χ4v) is 5.54. The number of carboxylic acids is 2. The average molecular weight is 459 g/mol. The predicted octanol–water partition coefficient (Wildman–Crippen LogP) is -0.310. The Kier molecular flexibility index (Phi) is 4.93. The summed E-state index contributed by atoms with van der Waals surface area (Å²) in [6, 6.07) is 1.22. The van der Waals surface area contributed by atoms with Gasteiger partial charge in [0.15, 0.2) is 34.7 Å². The smallest absolute Gasteiger partial charge is 0.339 e. The van der Waals surface area contributed by atoms with Crippen molar-refractivity contribution in [1.82, 2.24) is 0 Å². The Morgan fingerprint density at radius 1 is 1.06 bits per heavy atom. The monoisotopic (exact) mass is 459 g/mol. The number of rotatable bonds is 3. The molecular formula is C22H21NO10. The molecule has 33 heavy (non-hydrogen) atoms. The lowest BCUT2D eigenvalue weighted by Gasteiger charge is -2.48. The van der Waals surface area contributed by atoms with Crippen molar-refractivity contribution in [3.63, 3.8) is 0 Å². The molecule has 0 aliphatic heterocycles. The molecule has 11 heteroatoms. The van der Waals surface area contributed by atoms with Crippen LogP contribution in [-0.2, 0) is 25.6 Å². The van der Waals surface area contributed by atoms with Crippen molar-refractivity contribution in [3.8, 4) is 5.75 Å². The van der Waals surface area contributed by atoms with E-state index in [1.807, 2.05) is 0 Å². The van der Waals surface area contributed by atoms with Crippen molar-refractivity contribution in [2.45, 2.75) is 24.9 Å². The molecule has 0 aromatic heterocycles. The van der Waals surface area contributed by atoms with E-state index in [4.69, 9.17) is 0 Å². The molecule has 0 amide bonds. The number of aromatic carboxylic acids is 1. The second kappa shape index (κ2) is 7.20. The minimum Gasteiger partial charge on any atom is -0.506 e. The SMILES string of the molecule is CN(C)c1cc(C(=O)O)c(O)c2c1C[C@H]1C[C@H]3CC(=O)C(C(=O)O)C(=O)[C@@]3(O)C(=O)C1C2=O. The third kappa shape index (κ3) is 2.92. The van der Waals surface area contributed by atoms with Gasteiger partial charge in [0.2, 0.25) is 0 Å². The van der Waals surface area contributed by atoms with Gasteiger partial charge in [-0.05, 0) is 30.4 Å². The molecule has 4 rings (SSSR count). The van der Waals surface area contributed by atoms with E-state index in [1.54, 1.807) is 19.0 Å². The van der Waals surface area contributed by atoms with Gasteiger partial charge in [-0.25, -0.2) is 4.79 Å². The molecule has 0 heterocycles. The van der Waals surface area contributed by atoms with E-state index in [0.717, 1.165) is 0 Å². The standard InChI is InChI=1S/C22H21NO10/c1-23(2)11-6-10(20(29)30)16(25)14-9(11)4-7-3-8-5-12(24)15(21(31)32)19(28)22(8,33)18(27)13(7)17(14)26/h6-8,13,15,25,33H,3-5H2,1-2H3,(H,29,30)(H,31,32)/t7-,8+,13?,15?,22+/m1/s1. The predicted molar refractivity (Wildman–Crippen MR) is 108 cm³/mol. The number of aliphatic carboxylic acids is 1. The van der Waals surface area contributed by atoms with Crippen LogP contribution < -0.4 is 4.90 Å². The van der Waals surface area contributed by atoms with Gasteiger partial charge in [0.1, 0.15) is 11.3 Å². The maximum atomic E-state index is 13.4. The second-order valence-corrected chi connectivity index (χ2v) is 9.02. The molecule has 0 spiro atoms. The molecule has 4 N–H and O–H groups in total. The topological polar surface area (TPSA) is 187 Å². The van der Waals surface area contributed by atoms with Gasteiger partial charge in [-0.3, -0.25) is 24.0 Å². The first-order chi connectivity index (χ1) is 15.3. The number of ketones is 4. The molecule has 0 saturated heterocycles. The van der Waals surface area contributed by atoms with Gasteiger partial charge in [-0.15, -0.1) is 0 Å². The zero-order valence-electron chi connectivity index (χ0n) is 17.7. The van der Waals surface area contributed by atoms with Crippen molar-refractivity contribution in [2.75, 3.05) is 19.0 Å². The Hall–Kier alpha value is -3.60. The number of benzene rings is 1. The highest BCUT2D eigenvalue weighted by atomic mass is 16.4. The summed E-state index contributed by atoms with van der Waals surface area (Å²) in [6.07, 6.45) is -0.523. The molecule has 0 bridgehead atoms. The van der Waals surface area contributed by atoms with Gasteiger partial charge in [-0.2, -0.15) is 0 Å². The van der Waals surface area contributed by atoms with Gasteiger partial charge < -0.3 is 25.3 Å². The maximum Gasteiger partial charge on any atom is 0.339 e. The molecule has 1 aromatic rings. The van der Waals surface area contributed by atoms with E-state index in [1.165, 1.54) is 6.07 Å². The van der Waals surface area contributed by atoms with Crippen LogP contribution in [0.4, 0.5) is 5.69 Å². The lowest BCUT2D eigenvalue weighted by molar-refractivity contribution is -0.178. The van der Waals surface area contributed by atoms with Gasteiger partial charge in [0, 0.05) is 32.1 Å². The highest BCUT2D eigenvalue weighted by Gasteiger charge is 2.66. The van der Waals surface area contributed by atoms with Crippen LogP contribution in [0.3, 0.4) is 0 Å². The number of carbonyl (C=O) groups is 6. The van der Waals surface area contributed by atoms with Crippen LogP contribution >= 0.6 is 0 Å². The Morgan fingerprint density at radius 2 is 1.70 bits per heavy atom. The molecule has 174 valence electrons. The second-order valence-electron chi connectivity index (χ2n) is 9.02. The molecule has 2 unspecified atom stereocenters. The summed E-state index contributed by atoms with van der Waals surface area (Å²) in [7, 11) is 3.23. The van der Waals surface area contributed by atoms with Gasteiger partial charge >= 0.3 is 11.9 Å². The Labute approximate surface area is 186 Å². The molecule has 3 aliphatic carbocycles. The fourth-order valence-electron chi connectivity index (χ4n) is 5.54. The molecule has 0 radical (unpaired) electrons.